The Morgan fingerprint density at radius 2 is 2.04 bits per heavy atom. The number of likely N-dealkylation sites (N-methyl/N-ethyl adjacent to an activating group) is 1. The molecule has 1 fully saturated rings. The second-order valence-electron chi connectivity index (χ2n) is 6.49. The molecule has 8 heteroatoms. The quantitative estimate of drug-likeness (QED) is 0.800. The highest BCUT2D eigenvalue weighted by Gasteiger charge is 2.31. The second-order valence-corrected chi connectivity index (χ2v) is 6.49. The van der Waals surface area contributed by atoms with Crippen LogP contribution in [-0.4, -0.2) is 72.2 Å². The van der Waals surface area contributed by atoms with Gasteiger partial charge < -0.3 is 19.5 Å². The van der Waals surface area contributed by atoms with Gasteiger partial charge in [0.1, 0.15) is 6.61 Å². The highest BCUT2D eigenvalue weighted by atomic mass is 35.5. The summed E-state index contributed by atoms with van der Waals surface area (Å²) in [5.41, 5.74) is 0. The van der Waals surface area contributed by atoms with Crippen LogP contribution in [0.1, 0.15) is 13.3 Å². The summed E-state index contributed by atoms with van der Waals surface area (Å²) in [5, 5.41) is 9.06. The van der Waals surface area contributed by atoms with Crippen molar-refractivity contribution >= 4 is 24.3 Å². The second kappa shape index (κ2) is 9.09. The van der Waals surface area contributed by atoms with Gasteiger partial charge >= 0.3 is 5.97 Å². The molecule has 1 aromatic rings. The van der Waals surface area contributed by atoms with E-state index in [1.54, 1.807) is 4.90 Å². The number of benzene rings is 1. The van der Waals surface area contributed by atoms with Crippen LogP contribution >= 0.6 is 12.4 Å². The lowest BCUT2D eigenvalue weighted by atomic mass is 10.1. The van der Waals surface area contributed by atoms with E-state index in [0.29, 0.717) is 45.0 Å². The third kappa shape index (κ3) is 4.80. The predicted octanol–water partition coefficient (Wildman–Crippen LogP) is 1.50. The molecular weight excluding hydrogens is 360 g/mol. The summed E-state index contributed by atoms with van der Waals surface area (Å²) in [5.74, 6) is 0.273. The first-order chi connectivity index (χ1) is 12.1. The summed E-state index contributed by atoms with van der Waals surface area (Å²) >= 11 is 0. The van der Waals surface area contributed by atoms with Gasteiger partial charge in [0.15, 0.2) is 17.6 Å². The van der Waals surface area contributed by atoms with Crippen molar-refractivity contribution < 1.29 is 24.2 Å². The van der Waals surface area contributed by atoms with Crippen molar-refractivity contribution in [2.75, 3.05) is 39.3 Å². The fourth-order valence-electron chi connectivity index (χ4n) is 3.28. The van der Waals surface area contributed by atoms with E-state index >= 15 is 0 Å². The number of carboxylic acid groups (broad SMARTS) is 1. The Hall–Kier alpha value is -1.99. The molecular formula is C18H25ClN2O5. The zero-order valence-electron chi connectivity index (χ0n) is 14.8. The number of halogens is 1. The number of hydrogen-bond donors (Lipinski definition) is 1. The third-order valence-electron chi connectivity index (χ3n) is 4.71. The van der Waals surface area contributed by atoms with Gasteiger partial charge in [0.25, 0.3) is 0 Å². The average molecular weight is 385 g/mol. The van der Waals surface area contributed by atoms with Crippen LogP contribution in [0.2, 0.25) is 0 Å². The smallest absolute Gasteiger partial charge is 0.307 e. The fraction of sp³-hybridized carbons (Fsp3) is 0.556. The van der Waals surface area contributed by atoms with Gasteiger partial charge in [-0.25, -0.2) is 0 Å². The minimum absolute atomic E-state index is 0. The van der Waals surface area contributed by atoms with Gasteiger partial charge in [-0.1, -0.05) is 12.1 Å². The van der Waals surface area contributed by atoms with Crippen molar-refractivity contribution in [3.05, 3.63) is 24.3 Å². The molecule has 3 rings (SSSR count). The number of para-hydroxylation sites is 2. The van der Waals surface area contributed by atoms with E-state index in [1.165, 1.54) is 0 Å². The van der Waals surface area contributed by atoms with Gasteiger partial charge in [0, 0.05) is 13.1 Å². The SMILES string of the molecule is CCN(CC1COc2ccccc2O1)C(=O)CN1CCC(C(=O)O)C1.Cl. The van der Waals surface area contributed by atoms with Crippen molar-refractivity contribution in [2.24, 2.45) is 5.92 Å². The van der Waals surface area contributed by atoms with Crippen molar-refractivity contribution in [3.63, 3.8) is 0 Å². The number of nitrogens with zero attached hydrogens (tertiary/aromatic N) is 2. The Morgan fingerprint density at radius 3 is 2.69 bits per heavy atom. The van der Waals surface area contributed by atoms with Crippen LogP contribution in [-0.2, 0) is 9.59 Å². The molecule has 0 aromatic heterocycles. The molecule has 1 amide bonds. The van der Waals surface area contributed by atoms with Crippen LogP contribution in [0.3, 0.4) is 0 Å². The Labute approximate surface area is 159 Å². The van der Waals surface area contributed by atoms with Crippen LogP contribution in [0.4, 0.5) is 0 Å². The van der Waals surface area contributed by atoms with Crippen LogP contribution in [0.15, 0.2) is 24.3 Å². The molecule has 2 heterocycles. The molecule has 1 saturated heterocycles. The summed E-state index contributed by atoms with van der Waals surface area (Å²) in [4.78, 5) is 27.3. The maximum absolute atomic E-state index is 12.6. The van der Waals surface area contributed by atoms with Crippen molar-refractivity contribution in [1.82, 2.24) is 9.80 Å². The van der Waals surface area contributed by atoms with E-state index in [4.69, 9.17) is 14.6 Å². The molecule has 2 aliphatic heterocycles. The van der Waals surface area contributed by atoms with E-state index < -0.39 is 5.97 Å². The third-order valence-corrected chi connectivity index (χ3v) is 4.71. The summed E-state index contributed by atoms with van der Waals surface area (Å²) in [6.07, 6.45) is 0.398. The van der Waals surface area contributed by atoms with Crippen LogP contribution < -0.4 is 9.47 Å². The predicted molar refractivity (Wildman–Crippen MR) is 98.0 cm³/mol. The molecule has 0 aliphatic carbocycles. The van der Waals surface area contributed by atoms with Crippen molar-refractivity contribution in [1.29, 1.82) is 0 Å². The first kappa shape index (κ1) is 20.3. The maximum atomic E-state index is 12.6. The molecule has 0 spiro atoms. The number of fused-ring (bicyclic) bond motifs is 1. The van der Waals surface area contributed by atoms with Crippen molar-refractivity contribution in [2.45, 2.75) is 19.4 Å². The molecule has 0 saturated carbocycles. The summed E-state index contributed by atoms with van der Waals surface area (Å²) < 4.78 is 11.6. The highest BCUT2D eigenvalue weighted by Crippen LogP contribution is 2.31. The zero-order valence-corrected chi connectivity index (χ0v) is 15.6. The lowest BCUT2D eigenvalue weighted by molar-refractivity contribution is -0.141. The van der Waals surface area contributed by atoms with Crippen molar-refractivity contribution in [3.8, 4) is 11.5 Å². The topological polar surface area (TPSA) is 79.3 Å². The van der Waals surface area contributed by atoms with Gasteiger partial charge in [0.05, 0.1) is 19.0 Å². The lowest BCUT2D eigenvalue weighted by Gasteiger charge is -2.31. The number of likely N-dealkylation sites (tertiary alicyclic amines) is 1. The number of ether oxygens (including phenoxy) is 2. The van der Waals surface area contributed by atoms with Gasteiger partial charge in [-0.05, 0) is 32.0 Å². The summed E-state index contributed by atoms with van der Waals surface area (Å²) in [7, 11) is 0. The van der Waals surface area contributed by atoms with E-state index in [-0.39, 0.29) is 36.9 Å². The molecule has 1 aromatic carbocycles. The molecule has 144 valence electrons. The van der Waals surface area contributed by atoms with Crippen LogP contribution in [0.5, 0.6) is 11.5 Å². The number of carboxylic acids is 1. The number of carbonyl (C=O) groups is 2. The first-order valence-corrected chi connectivity index (χ1v) is 8.68. The largest absolute Gasteiger partial charge is 0.486 e. The monoisotopic (exact) mass is 384 g/mol. The number of rotatable bonds is 6. The molecule has 26 heavy (non-hydrogen) atoms. The first-order valence-electron chi connectivity index (χ1n) is 8.68. The maximum Gasteiger partial charge on any atom is 0.307 e. The van der Waals surface area contributed by atoms with E-state index in [2.05, 4.69) is 0 Å². The molecule has 7 nitrogen and oxygen atoms in total. The Balaban J connectivity index is 0.00000243. The molecule has 2 aliphatic rings. The molecule has 0 bridgehead atoms. The highest BCUT2D eigenvalue weighted by molar-refractivity contribution is 5.85. The van der Waals surface area contributed by atoms with E-state index in [9.17, 15) is 9.59 Å². The Morgan fingerprint density at radius 1 is 1.31 bits per heavy atom. The minimum Gasteiger partial charge on any atom is -0.486 e. The average Bonchev–Trinajstić information content (AvgIpc) is 3.08. The fourth-order valence-corrected chi connectivity index (χ4v) is 3.28. The van der Waals surface area contributed by atoms with Gasteiger partial charge in [-0.15, -0.1) is 12.4 Å². The standard InChI is InChI=1S/C18H24N2O5.ClH/c1-2-20(17(21)11-19-8-7-13(9-19)18(22)23)10-14-12-24-15-5-3-4-6-16(15)25-14;/h3-6,13-14H,2,7-12H2,1H3,(H,22,23);1H. The Kier molecular flexibility index (Phi) is 7.11. The summed E-state index contributed by atoms with van der Waals surface area (Å²) in [6.45, 7) is 4.72. The summed E-state index contributed by atoms with van der Waals surface area (Å²) in [6, 6.07) is 7.50. The number of amides is 1. The molecule has 2 unspecified atom stereocenters. The minimum atomic E-state index is -0.784. The molecule has 1 N–H and O–H groups in total. The zero-order chi connectivity index (χ0) is 17.8. The van der Waals surface area contributed by atoms with Crippen LogP contribution in [0.25, 0.3) is 0 Å². The normalized spacial score (nSPS) is 21.7. The van der Waals surface area contributed by atoms with E-state index in [1.807, 2.05) is 36.1 Å². The van der Waals surface area contributed by atoms with Crippen LogP contribution in [0, 0.1) is 5.92 Å². The van der Waals surface area contributed by atoms with E-state index in [0.717, 1.165) is 5.75 Å². The number of aliphatic carboxylic acids is 1. The lowest BCUT2D eigenvalue weighted by Crippen LogP contribution is -2.46. The van der Waals surface area contributed by atoms with Gasteiger partial charge in [0.2, 0.25) is 5.91 Å². The number of carbonyl (C=O) groups excluding carboxylic acids is 1. The van der Waals surface area contributed by atoms with Gasteiger partial charge in [-0.2, -0.15) is 0 Å². The molecule has 2 atom stereocenters. The number of hydrogen-bond acceptors (Lipinski definition) is 5. The Bertz CT molecular complexity index is 642. The molecule has 0 radical (unpaired) electrons. The van der Waals surface area contributed by atoms with Gasteiger partial charge in [-0.3, -0.25) is 14.5 Å².